The van der Waals surface area contributed by atoms with Crippen LogP contribution in [0.25, 0.3) is 11.1 Å². The fourth-order valence-corrected chi connectivity index (χ4v) is 4.09. The topological polar surface area (TPSA) is 84.9 Å². The van der Waals surface area contributed by atoms with Gasteiger partial charge in [-0.05, 0) is 33.9 Å². The first-order valence-corrected chi connectivity index (χ1v) is 10.1. The van der Waals surface area contributed by atoms with E-state index in [-0.39, 0.29) is 24.7 Å². The van der Waals surface area contributed by atoms with Gasteiger partial charge in [0.2, 0.25) is 0 Å². The highest BCUT2D eigenvalue weighted by Crippen LogP contribution is 2.44. The van der Waals surface area contributed by atoms with E-state index < -0.39 is 23.9 Å². The van der Waals surface area contributed by atoms with Gasteiger partial charge >= 0.3 is 12.1 Å². The first-order valence-electron chi connectivity index (χ1n) is 10.1. The van der Waals surface area contributed by atoms with E-state index in [9.17, 15) is 19.1 Å². The average molecular weight is 435 g/mol. The second kappa shape index (κ2) is 9.09. The smallest absolute Gasteiger partial charge is 0.407 e. The molecular weight excluding hydrogens is 413 g/mol. The van der Waals surface area contributed by atoms with E-state index in [1.54, 1.807) is 0 Å². The van der Waals surface area contributed by atoms with Crippen molar-refractivity contribution in [3.63, 3.8) is 0 Å². The fourth-order valence-electron chi connectivity index (χ4n) is 4.09. The highest BCUT2D eigenvalue weighted by molar-refractivity contribution is 5.81. The molecule has 32 heavy (non-hydrogen) atoms. The van der Waals surface area contributed by atoms with Crippen LogP contribution in [0.5, 0.6) is 5.75 Å². The molecule has 0 aliphatic heterocycles. The second-order valence-electron chi connectivity index (χ2n) is 7.52. The summed E-state index contributed by atoms with van der Waals surface area (Å²) >= 11 is 0. The Kier molecular flexibility index (Phi) is 6.07. The summed E-state index contributed by atoms with van der Waals surface area (Å²) in [5.74, 6) is -1.65. The molecule has 0 saturated carbocycles. The molecule has 1 unspecified atom stereocenters. The number of benzene rings is 3. The van der Waals surface area contributed by atoms with Crippen LogP contribution >= 0.6 is 0 Å². The Morgan fingerprint density at radius 2 is 1.66 bits per heavy atom. The van der Waals surface area contributed by atoms with E-state index in [2.05, 4.69) is 5.32 Å². The Labute approximate surface area is 184 Å². The van der Waals surface area contributed by atoms with Gasteiger partial charge in [0.25, 0.3) is 0 Å². The maximum Gasteiger partial charge on any atom is 0.407 e. The van der Waals surface area contributed by atoms with Gasteiger partial charge in [-0.2, -0.15) is 0 Å². The summed E-state index contributed by atoms with van der Waals surface area (Å²) in [6.07, 6.45) is -0.913. The molecule has 0 heterocycles. The molecule has 1 aliphatic rings. The highest BCUT2D eigenvalue weighted by Gasteiger charge is 2.30. The van der Waals surface area contributed by atoms with Crippen LogP contribution in [0.4, 0.5) is 9.18 Å². The molecule has 7 heteroatoms. The van der Waals surface area contributed by atoms with E-state index in [1.807, 2.05) is 48.5 Å². The van der Waals surface area contributed by atoms with Crippen molar-refractivity contribution in [2.45, 2.75) is 18.4 Å². The lowest BCUT2D eigenvalue weighted by Gasteiger charge is -2.18. The fraction of sp³-hybridized carbons (Fsp3) is 0.200. The zero-order valence-corrected chi connectivity index (χ0v) is 17.4. The monoisotopic (exact) mass is 435 g/mol. The molecule has 6 nitrogen and oxygen atoms in total. The Hall–Kier alpha value is -3.87. The number of ether oxygens (including phenoxy) is 2. The second-order valence-corrected chi connectivity index (χ2v) is 7.52. The zero-order chi connectivity index (χ0) is 22.7. The molecule has 0 bridgehead atoms. The lowest BCUT2D eigenvalue weighted by atomic mass is 9.98. The number of methoxy groups -OCH3 is 1. The Morgan fingerprint density at radius 1 is 1.03 bits per heavy atom. The highest BCUT2D eigenvalue weighted by atomic mass is 19.1. The number of carboxylic acids is 1. The number of hydrogen-bond donors (Lipinski definition) is 2. The summed E-state index contributed by atoms with van der Waals surface area (Å²) in [6, 6.07) is 18.4. The lowest BCUT2D eigenvalue weighted by Crippen LogP contribution is -2.43. The summed E-state index contributed by atoms with van der Waals surface area (Å²) in [4.78, 5) is 24.2. The van der Waals surface area contributed by atoms with Gasteiger partial charge in [-0.25, -0.2) is 14.0 Å². The van der Waals surface area contributed by atoms with Crippen LogP contribution in [0.1, 0.15) is 22.6 Å². The molecule has 2 N–H and O–H groups in total. The number of carbonyl (C=O) groups is 2. The molecule has 3 aromatic carbocycles. The first-order chi connectivity index (χ1) is 15.5. The Morgan fingerprint density at radius 3 is 2.25 bits per heavy atom. The molecule has 1 atom stereocenters. The molecule has 3 aromatic rings. The minimum absolute atomic E-state index is 0.0755. The molecule has 4 rings (SSSR count). The molecule has 0 radical (unpaired) electrons. The van der Waals surface area contributed by atoms with Crippen LogP contribution in [0.2, 0.25) is 0 Å². The number of rotatable bonds is 7. The van der Waals surface area contributed by atoms with E-state index >= 15 is 0 Å². The normalized spacial score (nSPS) is 13.1. The van der Waals surface area contributed by atoms with Crippen molar-refractivity contribution >= 4 is 12.1 Å². The lowest BCUT2D eigenvalue weighted by molar-refractivity contribution is -0.139. The van der Waals surface area contributed by atoms with Crippen LogP contribution in [-0.2, 0) is 16.0 Å². The van der Waals surface area contributed by atoms with Crippen LogP contribution in [0.15, 0.2) is 66.7 Å². The number of carbonyl (C=O) groups excluding carboxylic acids is 1. The predicted molar refractivity (Wildman–Crippen MR) is 116 cm³/mol. The van der Waals surface area contributed by atoms with Crippen LogP contribution in [0.3, 0.4) is 0 Å². The first kappa shape index (κ1) is 21.4. The van der Waals surface area contributed by atoms with Crippen molar-refractivity contribution in [2.75, 3.05) is 13.7 Å². The van der Waals surface area contributed by atoms with Gasteiger partial charge in [0.05, 0.1) is 7.11 Å². The maximum atomic E-state index is 13.4. The third kappa shape index (κ3) is 4.27. The van der Waals surface area contributed by atoms with Crippen molar-refractivity contribution in [1.82, 2.24) is 5.32 Å². The summed E-state index contributed by atoms with van der Waals surface area (Å²) in [5.41, 5.74) is 4.78. The van der Waals surface area contributed by atoms with Gasteiger partial charge in [-0.1, -0.05) is 54.6 Å². The molecule has 0 fully saturated rings. The van der Waals surface area contributed by atoms with Crippen molar-refractivity contribution in [3.8, 4) is 16.9 Å². The molecule has 1 amide bonds. The van der Waals surface area contributed by atoms with Crippen molar-refractivity contribution in [2.24, 2.45) is 0 Å². The SMILES string of the molecule is COc1cc(F)ccc1CC(NC(=O)OCC1c2ccccc2-c2ccccc21)C(=O)O. The minimum Gasteiger partial charge on any atom is -0.496 e. The number of hydrogen-bond acceptors (Lipinski definition) is 4. The van der Waals surface area contributed by atoms with E-state index in [4.69, 9.17) is 9.47 Å². The number of amides is 1. The van der Waals surface area contributed by atoms with E-state index in [0.29, 0.717) is 5.56 Å². The molecule has 0 spiro atoms. The number of fused-ring (bicyclic) bond motifs is 3. The molecule has 0 aromatic heterocycles. The number of nitrogens with one attached hydrogen (secondary N) is 1. The zero-order valence-electron chi connectivity index (χ0n) is 17.4. The van der Waals surface area contributed by atoms with Crippen molar-refractivity contribution in [3.05, 3.63) is 89.2 Å². The van der Waals surface area contributed by atoms with Gasteiger partial charge < -0.3 is 19.9 Å². The standard InChI is InChI=1S/C25H22FNO5/c1-31-23-13-16(26)11-10-15(23)12-22(24(28)29)27-25(30)32-14-21-19-8-4-2-6-17(19)18-7-3-5-9-20(18)21/h2-11,13,21-22H,12,14H2,1H3,(H,27,30)(H,28,29). The Bertz CT molecular complexity index is 1120. The van der Waals surface area contributed by atoms with Crippen LogP contribution in [0, 0.1) is 5.82 Å². The maximum absolute atomic E-state index is 13.4. The van der Waals surface area contributed by atoms with Gasteiger partial charge in [0, 0.05) is 18.4 Å². The predicted octanol–water partition coefficient (Wildman–Crippen LogP) is 4.37. The quantitative estimate of drug-likeness (QED) is 0.576. The van der Waals surface area contributed by atoms with Gasteiger partial charge in [-0.15, -0.1) is 0 Å². The summed E-state index contributed by atoms with van der Waals surface area (Å²) in [5, 5.41) is 11.9. The molecule has 0 saturated heterocycles. The van der Waals surface area contributed by atoms with Gasteiger partial charge in [0.1, 0.15) is 24.2 Å². The van der Waals surface area contributed by atoms with Crippen molar-refractivity contribution in [1.29, 1.82) is 0 Å². The molecular formula is C25H22FNO5. The third-order valence-corrected chi connectivity index (χ3v) is 5.61. The number of alkyl carbamates (subject to hydrolysis) is 1. The number of halogens is 1. The Balaban J connectivity index is 1.44. The van der Waals surface area contributed by atoms with Crippen LogP contribution in [-0.4, -0.2) is 36.9 Å². The molecule has 1 aliphatic carbocycles. The van der Waals surface area contributed by atoms with Crippen molar-refractivity contribution < 1.29 is 28.6 Å². The average Bonchev–Trinajstić information content (AvgIpc) is 3.12. The van der Waals surface area contributed by atoms with Gasteiger partial charge in [0.15, 0.2) is 0 Å². The summed E-state index contributed by atoms with van der Waals surface area (Å²) < 4.78 is 24.0. The third-order valence-electron chi connectivity index (χ3n) is 5.61. The van der Waals surface area contributed by atoms with Crippen LogP contribution < -0.4 is 10.1 Å². The number of aliphatic carboxylic acids is 1. The van der Waals surface area contributed by atoms with E-state index in [0.717, 1.165) is 22.3 Å². The number of carboxylic acid groups (broad SMARTS) is 1. The minimum atomic E-state index is -1.26. The van der Waals surface area contributed by atoms with Gasteiger partial charge in [-0.3, -0.25) is 0 Å². The summed E-state index contributed by atoms with van der Waals surface area (Å²) in [6.45, 7) is 0.0755. The largest absolute Gasteiger partial charge is 0.496 e. The summed E-state index contributed by atoms with van der Waals surface area (Å²) in [7, 11) is 1.37. The molecule has 164 valence electrons. The van der Waals surface area contributed by atoms with E-state index in [1.165, 1.54) is 25.3 Å².